The highest BCUT2D eigenvalue weighted by Gasteiger charge is 2.36. The summed E-state index contributed by atoms with van der Waals surface area (Å²) in [6.07, 6.45) is 4.83. The molecule has 5 aromatic rings. The Bertz CT molecular complexity index is 2080. The molecule has 1 N–H and O–H groups in total. The quantitative estimate of drug-likeness (QED) is 0.117. The van der Waals surface area contributed by atoms with Crippen molar-refractivity contribution < 1.29 is 28.1 Å². The lowest BCUT2D eigenvalue weighted by Gasteiger charge is -2.39. The van der Waals surface area contributed by atoms with Gasteiger partial charge in [-0.05, 0) is 98.3 Å². The predicted octanol–water partition coefficient (Wildman–Crippen LogP) is 7.77. The number of aromatic nitrogens is 4. The summed E-state index contributed by atoms with van der Waals surface area (Å²) >= 11 is 12.1. The Morgan fingerprint density at radius 1 is 0.830 bits per heavy atom. The molecule has 0 radical (unpaired) electrons. The van der Waals surface area contributed by atoms with Gasteiger partial charge in [0.2, 0.25) is 23.4 Å². The maximum absolute atomic E-state index is 13.5. The number of esters is 1. The molecule has 2 aromatic heterocycles. The van der Waals surface area contributed by atoms with Crippen LogP contribution in [0, 0.1) is 0 Å². The Morgan fingerprint density at radius 2 is 1.47 bits per heavy atom. The van der Waals surface area contributed by atoms with Gasteiger partial charge in [0, 0.05) is 64.9 Å². The summed E-state index contributed by atoms with van der Waals surface area (Å²) < 4.78 is 29.1. The molecule has 53 heavy (non-hydrogen) atoms. The average Bonchev–Trinajstić information content (AvgIpc) is 3.96. The van der Waals surface area contributed by atoms with E-state index in [2.05, 4.69) is 30.5 Å². The Balaban J connectivity index is 0.939. The standard InChI is InChI=1S/C39H38Cl2N6O6/c40-27-14-9-24(10-15-27)38-43-34(52-45-38)6-1-4-29-31-5-3-19-47(31)23-30(42-29)37(26-13-18-32-33(22-26)50-21-20-49-32)51-36(48)8-2-7-35-44-39(46-53-35)25-11-16-28(41)17-12-25/h9-18,22,30,37,42H,1-8,19-21,23H2/t30-,37-/m1/s1. The van der Waals surface area contributed by atoms with Gasteiger partial charge in [0.25, 0.3) is 0 Å². The number of hydrogen-bond donors (Lipinski definition) is 1. The molecule has 1 saturated heterocycles. The van der Waals surface area contributed by atoms with Crippen LogP contribution in [0.25, 0.3) is 22.8 Å². The van der Waals surface area contributed by atoms with Crippen molar-refractivity contribution in [2.75, 3.05) is 26.3 Å². The molecule has 12 nitrogen and oxygen atoms in total. The summed E-state index contributed by atoms with van der Waals surface area (Å²) in [6.45, 7) is 2.61. The number of benzene rings is 3. The van der Waals surface area contributed by atoms with Crippen LogP contribution in [0.1, 0.15) is 62.0 Å². The first-order chi connectivity index (χ1) is 25.9. The number of carbonyl (C=O) groups excluding carboxylic acids is 1. The molecule has 3 aliphatic rings. The number of hydrogen-bond acceptors (Lipinski definition) is 12. The molecular formula is C39H38Cl2N6O6. The van der Waals surface area contributed by atoms with Gasteiger partial charge in [-0.1, -0.05) is 39.6 Å². The van der Waals surface area contributed by atoms with Crippen LogP contribution < -0.4 is 14.8 Å². The van der Waals surface area contributed by atoms with E-state index in [0.29, 0.717) is 84.0 Å². The first-order valence-corrected chi connectivity index (χ1v) is 18.7. The third kappa shape index (κ3) is 8.29. The number of halogens is 2. The number of aryl methyl sites for hydroxylation is 2. The number of nitrogens with one attached hydrogen (secondary N) is 1. The minimum atomic E-state index is -0.576. The third-order valence-corrected chi connectivity index (χ3v) is 10.1. The Labute approximate surface area is 316 Å². The SMILES string of the molecule is O=C(CCCc1nc(-c2ccc(Cl)cc2)no1)O[C@H](c1ccc2c(c1)OCCO2)[C@H]1CN2CCCC2=C(CCCc2nc(-c3ccc(Cl)cc3)no2)N1. The number of nitrogens with zero attached hydrogens (tertiary/aromatic N) is 5. The zero-order valence-electron chi connectivity index (χ0n) is 28.9. The first-order valence-electron chi connectivity index (χ1n) is 17.9. The van der Waals surface area contributed by atoms with Crippen molar-refractivity contribution in [2.24, 2.45) is 0 Å². The zero-order chi connectivity index (χ0) is 36.1. The van der Waals surface area contributed by atoms with Crippen molar-refractivity contribution in [1.29, 1.82) is 0 Å². The monoisotopic (exact) mass is 756 g/mol. The topological polar surface area (TPSA) is 138 Å². The lowest BCUT2D eigenvalue weighted by molar-refractivity contribution is -0.151. The van der Waals surface area contributed by atoms with Crippen molar-refractivity contribution in [3.8, 4) is 34.3 Å². The molecule has 0 unspecified atom stereocenters. The second-order valence-electron chi connectivity index (χ2n) is 13.3. The van der Waals surface area contributed by atoms with Crippen LogP contribution in [-0.2, 0) is 22.4 Å². The van der Waals surface area contributed by atoms with Crippen LogP contribution >= 0.6 is 23.2 Å². The minimum absolute atomic E-state index is 0.187. The molecule has 0 saturated carbocycles. The van der Waals surface area contributed by atoms with Gasteiger partial charge in [0.15, 0.2) is 11.5 Å². The molecule has 8 rings (SSSR count). The summed E-state index contributed by atoms with van der Waals surface area (Å²) in [5.41, 5.74) is 4.97. The second-order valence-corrected chi connectivity index (χ2v) is 14.2. The van der Waals surface area contributed by atoms with Crippen molar-refractivity contribution in [1.82, 2.24) is 30.5 Å². The van der Waals surface area contributed by atoms with E-state index in [0.717, 1.165) is 54.6 Å². The maximum Gasteiger partial charge on any atom is 0.306 e. The number of rotatable bonds is 13. The fourth-order valence-corrected chi connectivity index (χ4v) is 7.27. The van der Waals surface area contributed by atoms with E-state index >= 15 is 0 Å². The normalized spacial score (nSPS) is 17.0. The van der Waals surface area contributed by atoms with Crippen LogP contribution in [0.4, 0.5) is 0 Å². The lowest BCUT2D eigenvalue weighted by atomic mass is 9.97. The number of fused-ring (bicyclic) bond motifs is 2. The van der Waals surface area contributed by atoms with E-state index in [-0.39, 0.29) is 18.4 Å². The van der Waals surface area contributed by atoms with Crippen LogP contribution in [-0.4, -0.2) is 63.5 Å². The molecule has 5 heterocycles. The van der Waals surface area contributed by atoms with Gasteiger partial charge in [0.1, 0.15) is 19.3 Å². The van der Waals surface area contributed by atoms with Gasteiger partial charge in [-0.15, -0.1) is 0 Å². The first kappa shape index (κ1) is 35.0. The second kappa shape index (κ2) is 15.9. The zero-order valence-corrected chi connectivity index (χ0v) is 30.4. The van der Waals surface area contributed by atoms with Crippen LogP contribution in [0.15, 0.2) is 87.2 Å². The van der Waals surface area contributed by atoms with Gasteiger partial charge in [-0.2, -0.15) is 9.97 Å². The number of carbonyl (C=O) groups is 1. The highest BCUT2D eigenvalue weighted by Crippen LogP contribution is 2.38. The molecule has 0 aliphatic carbocycles. The molecule has 274 valence electrons. The number of ether oxygens (including phenoxy) is 3. The van der Waals surface area contributed by atoms with E-state index in [9.17, 15) is 4.79 Å². The lowest BCUT2D eigenvalue weighted by Crippen LogP contribution is -2.49. The van der Waals surface area contributed by atoms with Crippen LogP contribution in [0.3, 0.4) is 0 Å². The van der Waals surface area contributed by atoms with E-state index in [1.807, 2.05) is 54.6 Å². The van der Waals surface area contributed by atoms with Gasteiger partial charge in [-0.25, -0.2) is 0 Å². The van der Waals surface area contributed by atoms with Gasteiger partial charge in [-0.3, -0.25) is 4.79 Å². The molecule has 3 aromatic carbocycles. The van der Waals surface area contributed by atoms with Crippen molar-refractivity contribution in [3.63, 3.8) is 0 Å². The van der Waals surface area contributed by atoms with Crippen molar-refractivity contribution >= 4 is 29.2 Å². The molecule has 3 aliphatic heterocycles. The van der Waals surface area contributed by atoms with E-state index in [1.54, 1.807) is 12.1 Å². The summed E-state index contributed by atoms with van der Waals surface area (Å²) in [4.78, 5) is 25.1. The van der Waals surface area contributed by atoms with E-state index in [1.165, 1.54) is 5.70 Å². The molecule has 1 fully saturated rings. The van der Waals surface area contributed by atoms with Gasteiger partial charge >= 0.3 is 5.97 Å². The maximum atomic E-state index is 13.5. The summed E-state index contributed by atoms with van der Waals surface area (Å²) in [5.74, 6) is 3.08. The predicted molar refractivity (Wildman–Crippen MR) is 196 cm³/mol. The highest BCUT2D eigenvalue weighted by atomic mass is 35.5. The van der Waals surface area contributed by atoms with E-state index in [4.69, 9.17) is 46.5 Å². The van der Waals surface area contributed by atoms with Crippen LogP contribution in [0.5, 0.6) is 11.5 Å². The fourth-order valence-electron chi connectivity index (χ4n) is 7.02. The largest absolute Gasteiger partial charge is 0.486 e. The minimum Gasteiger partial charge on any atom is -0.486 e. The van der Waals surface area contributed by atoms with Crippen LogP contribution in [0.2, 0.25) is 10.0 Å². The average molecular weight is 758 g/mol. The molecule has 14 heteroatoms. The summed E-state index contributed by atoms with van der Waals surface area (Å²) in [5, 5.41) is 13.3. The Morgan fingerprint density at radius 3 is 2.15 bits per heavy atom. The van der Waals surface area contributed by atoms with Crippen molar-refractivity contribution in [3.05, 3.63) is 106 Å². The molecule has 0 amide bonds. The van der Waals surface area contributed by atoms with Crippen molar-refractivity contribution in [2.45, 2.75) is 63.5 Å². The molecule has 0 spiro atoms. The Hall–Kier alpha value is -5.07. The fraction of sp³-hybridized carbons (Fsp3) is 0.359. The summed E-state index contributed by atoms with van der Waals surface area (Å²) in [7, 11) is 0. The Kier molecular flexibility index (Phi) is 10.5. The van der Waals surface area contributed by atoms with Gasteiger partial charge < -0.3 is 33.5 Å². The molecule has 0 bridgehead atoms. The van der Waals surface area contributed by atoms with Gasteiger partial charge in [0.05, 0.1) is 6.04 Å². The smallest absolute Gasteiger partial charge is 0.306 e. The summed E-state index contributed by atoms with van der Waals surface area (Å²) in [6, 6.07) is 20.2. The highest BCUT2D eigenvalue weighted by molar-refractivity contribution is 6.30. The van der Waals surface area contributed by atoms with E-state index < -0.39 is 6.10 Å². The molecular weight excluding hydrogens is 719 g/mol. The molecule has 2 atom stereocenters. The third-order valence-electron chi connectivity index (χ3n) is 9.60. The number of allylic oxidation sites excluding steroid dienone is 2.